The maximum Gasteiger partial charge on any atom is 0.358 e. The summed E-state index contributed by atoms with van der Waals surface area (Å²) in [4.78, 5) is 20.0. The molecule has 134 valence electrons. The number of hydrogen-bond acceptors (Lipinski definition) is 7. The molecule has 1 aliphatic rings. The predicted molar refractivity (Wildman–Crippen MR) is 91.5 cm³/mol. The number of nitro groups is 1. The number of hydrogen-bond donors (Lipinski definition) is 0. The Morgan fingerprint density at radius 2 is 2.04 bits per heavy atom. The number of Topliss-reactive ketones (excluding diaryl/α,β-unsaturated/α-hetero) is 1. The first-order valence-electron chi connectivity index (χ1n) is 6.79. The molecule has 1 aliphatic carbocycles. The minimum absolute atomic E-state index is 0.0507. The molecule has 2 atom stereocenters. The van der Waals surface area contributed by atoms with Crippen LogP contribution in [0.1, 0.15) is 13.8 Å². The Morgan fingerprint density at radius 1 is 1.40 bits per heavy atom. The molecular weight excluding hydrogens is 395 g/mol. The van der Waals surface area contributed by atoms with Crippen molar-refractivity contribution in [3.63, 3.8) is 0 Å². The fourth-order valence-electron chi connectivity index (χ4n) is 2.10. The van der Waals surface area contributed by atoms with Crippen molar-refractivity contribution in [2.75, 3.05) is 0 Å². The van der Waals surface area contributed by atoms with Crippen LogP contribution in [0.4, 0.5) is 5.69 Å². The lowest BCUT2D eigenvalue weighted by atomic mass is 9.87. The molecule has 0 saturated carbocycles. The smallest absolute Gasteiger partial charge is 0.292 e. The number of alkyl halides is 2. The molecule has 0 bridgehead atoms. The van der Waals surface area contributed by atoms with Crippen LogP contribution in [-0.2, 0) is 19.2 Å². The number of rotatable bonds is 4. The van der Waals surface area contributed by atoms with Gasteiger partial charge in [-0.25, -0.2) is 0 Å². The van der Waals surface area contributed by atoms with E-state index in [1.807, 2.05) is 0 Å². The van der Waals surface area contributed by atoms with Crippen molar-refractivity contribution in [3.05, 3.63) is 46.0 Å². The third kappa shape index (κ3) is 3.83. The highest BCUT2D eigenvalue weighted by Crippen LogP contribution is 2.33. The van der Waals surface area contributed by atoms with E-state index in [-0.39, 0.29) is 11.3 Å². The standard InChI is InChI=1S/C14H12Cl2N2O6S/c1-8-6-11(12(15)14(2,16)13(8)19)17-24-25(22,23)10-5-3-4-9(7-10)18(20)21/h3-7,12H,1-2H3/b17-11+. The molecule has 0 saturated heterocycles. The Balaban J connectivity index is 2.36. The zero-order valence-corrected chi connectivity index (χ0v) is 15.3. The van der Waals surface area contributed by atoms with Gasteiger partial charge in [0, 0.05) is 12.1 Å². The van der Waals surface area contributed by atoms with Gasteiger partial charge in [-0.1, -0.05) is 11.2 Å². The molecule has 2 unspecified atom stereocenters. The van der Waals surface area contributed by atoms with E-state index < -0.39 is 41.7 Å². The Labute approximate surface area is 153 Å². The minimum atomic E-state index is -4.42. The molecule has 8 nitrogen and oxygen atoms in total. The Kier molecular flexibility index (Phi) is 5.22. The third-order valence-electron chi connectivity index (χ3n) is 3.46. The fraction of sp³-hybridized carbons (Fsp3) is 0.286. The topological polar surface area (TPSA) is 116 Å². The van der Waals surface area contributed by atoms with Crippen LogP contribution in [0.5, 0.6) is 0 Å². The van der Waals surface area contributed by atoms with Gasteiger partial charge in [0.05, 0.1) is 4.92 Å². The van der Waals surface area contributed by atoms with Crippen molar-refractivity contribution in [2.24, 2.45) is 5.16 Å². The Hall–Kier alpha value is -1.97. The number of carbonyl (C=O) groups excluding carboxylic acids is 1. The number of nitro benzene ring substituents is 1. The van der Waals surface area contributed by atoms with Gasteiger partial charge in [-0.3, -0.25) is 19.2 Å². The van der Waals surface area contributed by atoms with Crippen LogP contribution in [0.15, 0.2) is 46.0 Å². The van der Waals surface area contributed by atoms with Crippen molar-refractivity contribution in [1.82, 2.24) is 0 Å². The van der Waals surface area contributed by atoms with Crippen LogP contribution in [0.2, 0.25) is 0 Å². The highest BCUT2D eigenvalue weighted by Gasteiger charge is 2.45. The van der Waals surface area contributed by atoms with E-state index in [1.54, 1.807) is 0 Å². The first-order valence-corrected chi connectivity index (χ1v) is 9.01. The van der Waals surface area contributed by atoms with E-state index in [1.165, 1.54) is 26.0 Å². The highest BCUT2D eigenvalue weighted by molar-refractivity contribution is 7.86. The second-order valence-corrected chi connectivity index (χ2v) is 8.14. The van der Waals surface area contributed by atoms with Gasteiger partial charge in [0.25, 0.3) is 5.69 Å². The summed E-state index contributed by atoms with van der Waals surface area (Å²) in [5.41, 5.74) is -0.227. The number of oxime groups is 1. The van der Waals surface area contributed by atoms with Crippen molar-refractivity contribution in [3.8, 4) is 0 Å². The molecule has 0 aromatic heterocycles. The molecule has 25 heavy (non-hydrogen) atoms. The van der Waals surface area contributed by atoms with Gasteiger partial charge < -0.3 is 0 Å². The lowest BCUT2D eigenvalue weighted by Gasteiger charge is -2.29. The molecule has 0 amide bonds. The molecular formula is C14H12Cl2N2O6S. The van der Waals surface area contributed by atoms with Crippen LogP contribution < -0.4 is 0 Å². The summed E-state index contributed by atoms with van der Waals surface area (Å²) >= 11 is 12.2. The molecule has 1 aromatic rings. The molecule has 0 radical (unpaired) electrons. The normalized spacial score (nSPS) is 25.6. The molecule has 2 rings (SSSR count). The SMILES string of the molecule is CC1=C/C(=N\OS(=O)(=O)c2cccc([N+](=O)[O-])c2)C(Cl)C(C)(Cl)C1=O. The van der Waals surface area contributed by atoms with E-state index in [0.717, 1.165) is 18.2 Å². The van der Waals surface area contributed by atoms with E-state index in [4.69, 9.17) is 23.2 Å². The second kappa shape index (κ2) is 6.74. The maximum atomic E-state index is 12.1. The summed E-state index contributed by atoms with van der Waals surface area (Å²) in [5.74, 6) is -0.408. The van der Waals surface area contributed by atoms with Crippen LogP contribution in [0, 0.1) is 10.1 Å². The quantitative estimate of drug-likeness (QED) is 0.431. The molecule has 11 heteroatoms. The molecule has 0 fully saturated rings. The van der Waals surface area contributed by atoms with Gasteiger partial charge in [-0.05, 0) is 31.6 Å². The van der Waals surface area contributed by atoms with E-state index in [2.05, 4.69) is 9.44 Å². The summed E-state index contributed by atoms with van der Waals surface area (Å²) in [5, 5.41) is 13.1. The summed E-state index contributed by atoms with van der Waals surface area (Å²) in [6, 6.07) is 4.30. The average molecular weight is 407 g/mol. The molecule has 0 heterocycles. The highest BCUT2D eigenvalue weighted by atomic mass is 35.5. The monoisotopic (exact) mass is 406 g/mol. The third-order valence-corrected chi connectivity index (χ3v) is 5.72. The van der Waals surface area contributed by atoms with Gasteiger partial charge in [0.15, 0.2) is 5.78 Å². The van der Waals surface area contributed by atoms with Crippen LogP contribution in [0.25, 0.3) is 0 Å². The van der Waals surface area contributed by atoms with Crippen molar-refractivity contribution >= 4 is 50.5 Å². The summed E-state index contributed by atoms with van der Waals surface area (Å²) in [6.07, 6.45) is 1.27. The van der Waals surface area contributed by atoms with Crippen molar-refractivity contribution in [1.29, 1.82) is 0 Å². The fourth-order valence-corrected chi connectivity index (χ4v) is 3.34. The van der Waals surface area contributed by atoms with Crippen molar-refractivity contribution in [2.45, 2.75) is 29.0 Å². The number of allylic oxidation sites excluding steroid dienone is 2. The largest absolute Gasteiger partial charge is 0.358 e. The number of non-ortho nitro benzene ring substituents is 1. The summed E-state index contributed by atoms with van der Waals surface area (Å²) in [7, 11) is -4.42. The lowest BCUT2D eigenvalue weighted by molar-refractivity contribution is -0.385. The van der Waals surface area contributed by atoms with Gasteiger partial charge in [0.1, 0.15) is 20.9 Å². The predicted octanol–water partition coefficient (Wildman–Crippen LogP) is 2.79. The second-order valence-electron chi connectivity index (χ2n) is 5.39. The molecule has 1 aromatic carbocycles. The van der Waals surface area contributed by atoms with Crippen LogP contribution in [0.3, 0.4) is 0 Å². The molecule has 0 N–H and O–H groups in total. The van der Waals surface area contributed by atoms with E-state index in [9.17, 15) is 23.3 Å². The lowest BCUT2D eigenvalue weighted by Crippen LogP contribution is -2.46. The van der Waals surface area contributed by atoms with Gasteiger partial charge in [-0.2, -0.15) is 8.42 Å². The van der Waals surface area contributed by atoms with Gasteiger partial charge in [-0.15, -0.1) is 23.2 Å². The number of ketones is 1. The first kappa shape index (κ1) is 19.4. The molecule has 0 aliphatic heterocycles. The Bertz CT molecular complexity index is 908. The van der Waals surface area contributed by atoms with Crippen LogP contribution in [-0.4, -0.2) is 35.1 Å². The zero-order valence-electron chi connectivity index (χ0n) is 13.0. The number of halogens is 2. The molecule has 0 spiro atoms. The van der Waals surface area contributed by atoms with Crippen LogP contribution >= 0.6 is 23.2 Å². The minimum Gasteiger partial charge on any atom is -0.292 e. The maximum absolute atomic E-state index is 12.1. The summed E-state index contributed by atoms with van der Waals surface area (Å²) < 4.78 is 28.9. The van der Waals surface area contributed by atoms with E-state index in [0.29, 0.717) is 0 Å². The van der Waals surface area contributed by atoms with Gasteiger partial charge >= 0.3 is 10.1 Å². The first-order chi connectivity index (χ1) is 11.5. The number of nitrogens with zero attached hydrogens (tertiary/aromatic N) is 2. The number of carbonyl (C=O) groups is 1. The van der Waals surface area contributed by atoms with Gasteiger partial charge in [0.2, 0.25) is 0 Å². The average Bonchev–Trinajstić information content (AvgIpc) is 2.55. The zero-order chi connectivity index (χ0) is 19.0. The van der Waals surface area contributed by atoms with Crippen molar-refractivity contribution < 1.29 is 22.4 Å². The van der Waals surface area contributed by atoms with E-state index >= 15 is 0 Å². The number of benzene rings is 1. The summed E-state index contributed by atoms with van der Waals surface area (Å²) in [6.45, 7) is 2.87. The Morgan fingerprint density at radius 3 is 2.64 bits per heavy atom.